The smallest absolute Gasteiger partial charge is 0.119 e. The first-order valence-corrected chi connectivity index (χ1v) is 3.41. The summed E-state index contributed by atoms with van der Waals surface area (Å²) in [7, 11) is 2.91. The molecular formula is C6H7OP. The van der Waals surface area contributed by atoms with Gasteiger partial charge < -0.3 is 4.74 Å². The van der Waals surface area contributed by atoms with Crippen LogP contribution in [-0.2, 0) is 0 Å². The third-order valence-corrected chi connectivity index (χ3v) is 1.53. The lowest BCUT2D eigenvalue weighted by Crippen LogP contribution is -1.77. The van der Waals surface area contributed by atoms with E-state index in [-0.39, 0.29) is 0 Å². The summed E-state index contributed by atoms with van der Waals surface area (Å²) in [6, 6.07) is 3.92. The molecule has 0 radical (unpaired) electrons. The Balaban J connectivity index is 2.83. The molecule has 0 unspecified atom stereocenters. The van der Waals surface area contributed by atoms with Gasteiger partial charge in [-0.1, -0.05) is 8.19 Å². The molecule has 1 aromatic heterocycles. The molecule has 0 N–H and O–H groups in total. The van der Waals surface area contributed by atoms with Gasteiger partial charge in [-0.15, -0.1) is 0 Å². The fourth-order valence-corrected chi connectivity index (χ4v) is 1.04. The molecule has 0 aromatic carbocycles. The van der Waals surface area contributed by atoms with Crippen molar-refractivity contribution in [3.8, 4) is 5.75 Å². The first kappa shape index (κ1) is 5.58. The van der Waals surface area contributed by atoms with Gasteiger partial charge in [-0.2, -0.15) is 0 Å². The van der Waals surface area contributed by atoms with E-state index in [1.54, 1.807) is 7.11 Å². The molecule has 0 aliphatic heterocycles. The number of hydrogen-bond donors (Lipinski definition) is 0. The van der Waals surface area contributed by atoms with E-state index in [1.807, 2.05) is 23.7 Å². The molecule has 42 valence electrons. The van der Waals surface area contributed by atoms with Crippen LogP contribution in [0.25, 0.3) is 0 Å². The zero-order chi connectivity index (χ0) is 5.82. The summed E-state index contributed by atoms with van der Waals surface area (Å²) >= 11 is 0. The largest absolute Gasteiger partial charge is 0.497 e. The highest BCUT2D eigenvalue weighted by Crippen LogP contribution is 2.12. The highest BCUT2D eigenvalue weighted by Gasteiger charge is 1.80. The average molecular weight is 126 g/mol. The second kappa shape index (κ2) is 2.68. The van der Waals surface area contributed by atoms with Crippen molar-refractivity contribution in [3.05, 3.63) is 23.7 Å². The quantitative estimate of drug-likeness (QED) is 0.560. The van der Waals surface area contributed by atoms with Gasteiger partial charge in [0, 0.05) is 0 Å². The number of methoxy groups -OCH3 is 1. The van der Waals surface area contributed by atoms with Gasteiger partial charge in [-0.25, -0.2) is 0 Å². The second-order valence-electron chi connectivity index (χ2n) is 1.39. The van der Waals surface area contributed by atoms with Gasteiger partial charge in [-0.3, -0.25) is 0 Å². The molecule has 1 nitrogen and oxygen atoms in total. The molecule has 0 bridgehead atoms. The Morgan fingerprint density at radius 2 is 2.00 bits per heavy atom. The zero-order valence-electron chi connectivity index (χ0n) is 4.66. The van der Waals surface area contributed by atoms with E-state index in [1.165, 1.54) is 8.19 Å². The van der Waals surface area contributed by atoms with Gasteiger partial charge in [0.1, 0.15) is 5.75 Å². The second-order valence-corrected chi connectivity index (χ2v) is 2.28. The maximum absolute atomic E-state index is 4.93. The number of rotatable bonds is 1. The normalized spacial score (nSPS) is 8.62. The van der Waals surface area contributed by atoms with Crippen molar-refractivity contribution in [1.82, 2.24) is 0 Å². The molecule has 0 fully saturated rings. The van der Waals surface area contributed by atoms with E-state index in [0.717, 1.165) is 5.75 Å². The predicted octanol–water partition coefficient (Wildman–Crippen LogP) is 2.28. The maximum atomic E-state index is 4.93. The molecule has 1 aromatic rings. The maximum Gasteiger partial charge on any atom is 0.119 e. The molecule has 0 aliphatic rings. The highest BCUT2D eigenvalue weighted by molar-refractivity contribution is 7.28. The van der Waals surface area contributed by atoms with E-state index >= 15 is 0 Å². The van der Waals surface area contributed by atoms with Crippen molar-refractivity contribution < 1.29 is 4.74 Å². The first-order chi connectivity index (χ1) is 3.93. The molecule has 0 amide bonds. The van der Waals surface area contributed by atoms with Crippen LogP contribution in [0.2, 0.25) is 0 Å². The lowest BCUT2D eigenvalue weighted by molar-refractivity contribution is 0.415. The van der Waals surface area contributed by atoms with Crippen molar-refractivity contribution in [1.29, 1.82) is 0 Å². The van der Waals surface area contributed by atoms with E-state index in [0.29, 0.717) is 0 Å². The van der Waals surface area contributed by atoms with Crippen LogP contribution >= 0.6 is 8.19 Å². The standard InChI is InChI=1S/C6H7OP/c1-7-6-2-4-8-5-3-6/h2-5H,1H3. The number of hydrogen-bond acceptors (Lipinski definition) is 1. The molecule has 0 saturated carbocycles. The van der Waals surface area contributed by atoms with Crippen LogP contribution in [0, 0.1) is 0 Å². The Kier molecular flexibility index (Phi) is 1.87. The molecular weight excluding hydrogens is 119 g/mol. The highest BCUT2D eigenvalue weighted by atomic mass is 31.0. The van der Waals surface area contributed by atoms with Gasteiger partial charge in [0.15, 0.2) is 0 Å². The average Bonchev–Trinajstić information content (AvgIpc) is 1.90. The van der Waals surface area contributed by atoms with Crippen LogP contribution in [-0.4, -0.2) is 7.11 Å². The molecule has 1 rings (SSSR count). The van der Waals surface area contributed by atoms with Crippen LogP contribution in [0.1, 0.15) is 0 Å². The summed E-state index contributed by atoms with van der Waals surface area (Å²) in [5.74, 6) is 5.02. The first-order valence-electron chi connectivity index (χ1n) is 2.37. The summed E-state index contributed by atoms with van der Waals surface area (Å²) in [4.78, 5) is 0. The van der Waals surface area contributed by atoms with Crippen molar-refractivity contribution in [2.24, 2.45) is 0 Å². The molecule has 0 aliphatic carbocycles. The lowest BCUT2D eigenvalue weighted by atomic mass is 10.5. The predicted molar refractivity (Wildman–Crippen MR) is 35.5 cm³/mol. The Morgan fingerprint density at radius 1 is 1.38 bits per heavy atom. The summed E-state index contributed by atoms with van der Waals surface area (Å²) in [6.07, 6.45) is 0. The lowest BCUT2D eigenvalue weighted by Gasteiger charge is -1.93. The van der Waals surface area contributed by atoms with Crippen LogP contribution in [0.3, 0.4) is 0 Å². The van der Waals surface area contributed by atoms with Gasteiger partial charge in [0.05, 0.1) is 7.11 Å². The van der Waals surface area contributed by atoms with Crippen LogP contribution in [0.15, 0.2) is 23.7 Å². The van der Waals surface area contributed by atoms with Crippen molar-refractivity contribution >= 4 is 8.19 Å². The van der Waals surface area contributed by atoms with E-state index in [4.69, 9.17) is 4.74 Å². The summed E-state index contributed by atoms with van der Waals surface area (Å²) < 4.78 is 4.93. The van der Waals surface area contributed by atoms with Gasteiger partial charge in [0.2, 0.25) is 0 Å². The molecule has 8 heavy (non-hydrogen) atoms. The summed E-state index contributed by atoms with van der Waals surface area (Å²) in [5.41, 5.74) is 0. The van der Waals surface area contributed by atoms with Gasteiger partial charge >= 0.3 is 0 Å². The molecule has 0 atom stereocenters. The fourth-order valence-electron chi connectivity index (χ4n) is 0.474. The van der Waals surface area contributed by atoms with E-state index < -0.39 is 0 Å². The SMILES string of the molecule is COc1ccpcc1. The third-order valence-electron chi connectivity index (χ3n) is 0.885. The van der Waals surface area contributed by atoms with E-state index in [9.17, 15) is 0 Å². The molecule has 2 heteroatoms. The van der Waals surface area contributed by atoms with Crippen molar-refractivity contribution in [2.75, 3.05) is 7.11 Å². The topological polar surface area (TPSA) is 9.23 Å². The van der Waals surface area contributed by atoms with Gasteiger partial charge in [-0.05, 0) is 23.7 Å². The molecule has 1 heterocycles. The zero-order valence-corrected chi connectivity index (χ0v) is 5.56. The Hall–Kier alpha value is -0.550. The van der Waals surface area contributed by atoms with Crippen LogP contribution in [0.5, 0.6) is 5.75 Å². The minimum atomic E-state index is 0.934. The Bertz CT molecular complexity index is 150. The van der Waals surface area contributed by atoms with Gasteiger partial charge in [0.25, 0.3) is 0 Å². The minimum Gasteiger partial charge on any atom is -0.497 e. The Morgan fingerprint density at radius 3 is 2.38 bits per heavy atom. The Labute approximate surface area is 50.4 Å². The van der Waals surface area contributed by atoms with Crippen LogP contribution in [0.4, 0.5) is 0 Å². The number of ether oxygens (including phenoxy) is 1. The van der Waals surface area contributed by atoms with Crippen LogP contribution < -0.4 is 4.74 Å². The van der Waals surface area contributed by atoms with E-state index in [2.05, 4.69) is 0 Å². The third kappa shape index (κ3) is 1.21. The fraction of sp³-hybridized carbons (Fsp3) is 0.167. The minimum absolute atomic E-state index is 0.934. The monoisotopic (exact) mass is 126 g/mol. The molecule has 0 spiro atoms. The van der Waals surface area contributed by atoms with Crippen molar-refractivity contribution in [2.45, 2.75) is 0 Å². The van der Waals surface area contributed by atoms with Crippen molar-refractivity contribution in [3.63, 3.8) is 0 Å². The summed E-state index contributed by atoms with van der Waals surface area (Å²) in [5, 5.41) is 0. The molecule has 0 saturated heterocycles. The summed E-state index contributed by atoms with van der Waals surface area (Å²) in [6.45, 7) is 0.